The van der Waals surface area contributed by atoms with Gasteiger partial charge in [-0.2, -0.15) is 0 Å². The smallest absolute Gasteiger partial charge is 0.139 e. The summed E-state index contributed by atoms with van der Waals surface area (Å²) in [5.74, 6) is 0.562. The maximum atomic E-state index is 13.8. The minimum absolute atomic E-state index is 0.0908. The Morgan fingerprint density at radius 3 is 2.57 bits per heavy atom. The third kappa shape index (κ3) is 7.12. The summed E-state index contributed by atoms with van der Waals surface area (Å²) in [5.41, 5.74) is -0.0908. The van der Waals surface area contributed by atoms with Crippen LogP contribution in [0.2, 0.25) is 0 Å². The van der Waals surface area contributed by atoms with Crippen LogP contribution in [0.4, 0.5) is 4.39 Å². The third-order valence-corrected chi connectivity index (χ3v) is 5.70. The van der Waals surface area contributed by atoms with E-state index in [1.165, 1.54) is 37.3 Å². The lowest BCUT2D eigenvalue weighted by atomic mass is 10.0. The molecule has 5 heteroatoms. The summed E-state index contributed by atoms with van der Waals surface area (Å²) in [6, 6.07) is 5.77. The Morgan fingerprint density at radius 1 is 1.30 bits per heavy atom. The number of hydrogen-bond donors (Lipinski definition) is 2. The van der Waals surface area contributed by atoms with Crippen molar-refractivity contribution in [1.29, 1.82) is 0 Å². The molecule has 2 N–H and O–H groups in total. The molecule has 2 nitrogen and oxygen atoms in total. The van der Waals surface area contributed by atoms with E-state index in [1.54, 1.807) is 6.07 Å². The van der Waals surface area contributed by atoms with E-state index >= 15 is 0 Å². The average molecular weight is 405 g/mol. The molecule has 2 atom stereocenters. The Hall–Kier alpha value is -0.100. The van der Waals surface area contributed by atoms with Crippen molar-refractivity contribution in [2.45, 2.75) is 70.4 Å². The average Bonchev–Trinajstić information content (AvgIpc) is 2.92. The van der Waals surface area contributed by atoms with Crippen LogP contribution in [0, 0.1) is 11.7 Å². The summed E-state index contributed by atoms with van der Waals surface area (Å²) in [4.78, 5) is 0.625. The van der Waals surface area contributed by atoms with Crippen LogP contribution in [0.5, 0.6) is 0 Å². The summed E-state index contributed by atoms with van der Waals surface area (Å²) >= 11 is 4.64. The van der Waals surface area contributed by atoms with E-state index in [9.17, 15) is 4.39 Å². The molecule has 0 radical (unpaired) electrons. The van der Waals surface area contributed by atoms with E-state index < -0.39 is 0 Å². The predicted octanol–water partition coefficient (Wildman–Crippen LogP) is 5.77. The lowest BCUT2D eigenvalue weighted by Gasteiger charge is -2.29. The van der Waals surface area contributed by atoms with E-state index in [2.05, 4.69) is 46.7 Å². The zero-order valence-electron chi connectivity index (χ0n) is 14.9. The molecule has 2 unspecified atom stereocenters. The number of benzene rings is 1. The second kappa shape index (κ2) is 10.0. The number of rotatable bonds is 6. The van der Waals surface area contributed by atoms with Crippen molar-refractivity contribution in [2.24, 2.45) is 5.92 Å². The lowest BCUT2D eigenvalue weighted by Crippen LogP contribution is -2.48. The first-order chi connectivity index (χ1) is 10.9. The van der Waals surface area contributed by atoms with Crippen LogP contribution in [0.3, 0.4) is 0 Å². The van der Waals surface area contributed by atoms with Gasteiger partial charge in [0, 0.05) is 22.6 Å². The molecule has 2 rings (SSSR count). The summed E-state index contributed by atoms with van der Waals surface area (Å²) in [5, 5.41) is 3.65. The van der Waals surface area contributed by atoms with Gasteiger partial charge in [0.2, 0.25) is 0 Å². The topological polar surface area (TPSA) is 24.1 Å². The molecule has 23 heavy (non-hydrogen) atoms. The minimum Gasteiger partial charge on any atom is -0.312 e. The summed E-state index contributed by atoms with van der Waals surface area (Å²) in [7, 11) is 0. The number of hydrogen-bond acceptors (Lipinski definition) is 3. The van der Waals surface area contributed by atoms with Crippen LogP contribution in [-0.2, 0) is 0 Å². The molecule has 1 aliphatic rings. The standard InChI is InChI=1S/C16H24BrFN2S.C2H6/c1-11-5-4-6-14(11)19-10-16(2,3)20-21-15-8-7-12(17)9-13(15)18;1-2/h7-9,11,14,19-20H,4-6,10H2,1-3H3;1-2H3. The molecular formula is C18H30BrFN2S. The molecule has 1 aliphatic carbocycles. The van der Waals surface area contributed by atoms with Gasteiger partial charge in [-0.3, -0.25) is 4.72 Å². The Morgan fingerprint density at radius 2 is 2.00 bits per heavy atom. The van der Waals surface area contributed by atoms with Gasteiger partial charge in [-0.15, -0.1) is 0 Å². The van der Waals surface area contributed by atoms with Crippen LogP contribution in [0.25, 0.3) is 0 Å². The van der Waals surface area contributed by atoms with E-state index in [1.807, 2.05) is 19.9 Å². The molecule has 0 spiro atoms. The van der Waals surface area contributed by atoms with Crippen molar-refractivity contribution < 1.29 is 4.39 Å². The largest absolute Gasteiger partial charge is 0.312 e. The molecule has 0 aliphatic heterocycles. The molecule has 1 fully saturated rings. The van der Waals surface area contributed by atoms with Crippen LogP contribution >= 0.6 is 27.9 Å². The van der Waals surface area contributed by atoms with Gasteiger partial charge in [0.1, 0.15) is 5.82 Å². The second-order valence-corrected chi connectivity index (χ2v) is 8.32. The second-order valence-electron chi connectivity index (χ2n) is 6.56. The van der Waals surface area contributed by atoms with E-state index in [4.69, 9.17) is 0 Å². The number of nitrogens with one attached hydrogen (secondary N) is 2. The highest BCUT2D eigenvalue weighted by molar-refractivity contribution is 9.10. The monoisotopic (exact) mass is 404 g/mol. The van der Waals surface area contributed by atoms with Crippen molar-refractivity contribution in [3.05, 3.63) is 28.5 Å². The Balaban J connectivity index is 0.00000127. The van der Waals surface area contributed by atoms with Crippen molar-refractivity contribution >= 4 is 27.9 Å². The van der Waals surface area contributed by atoms with Crippen LogP contribution in [0.15, 0.2) is 27.6 Å². The highest BCUT2D eigenvalue weighted by Gasteiger charge is 2.26. The number of halogens is 2. The van der Waals surface area contributed by atoms with Gasteiger partial charge in [0.25, 0.3) is 0 Å². The molecule has 0 saturated heterocycles. The van der Waals surface area contributed by atoms with Crippen molar-refractivity contribution in [2.75, 3.05) is 6.54 Å². The van der Waals surface area contributed by atoms with Gasteiger partial charge in [-0.05, 0) is 62.8 Å². The van der Waals surface area contributed by atoms with Gasteiger partial charge in [-0.25, -0.2) is 4.39 Å². The fourth-order valence-corrected chi connectivity index (χ4v) is 3.71. The first-order valence-corrected chi connectivity index (χ1v) is 10.1. The van der Waals surface area contributed by atoms with Gasteiger partial charge < -0.3 is 5.32 Å². The third-order valence-electron chi connectivity index (χ3n) is 4.00. The molecule has 0 aromatic heterocycles. The zero-order valence-corrected chi connectivity index (χ0v) is 17.3. The lowest BCUT2D eigenvalue weighted by molar-refractivity contribution is 0.361. The maximum absolute atomic E-state index is 13.8. The molecule has 0 heterocycles. The Labute approximate surface area is 153 Å². The quantitative estimate of drug-likeness (QED) is 0.588. The van der Waals surface area contributed by atoms with Crippen LogP contribution < -0.4 is 10.0 Å². The van der Waals surface area contributed by atoms with Gasteiger partial charge in [-0.1, -0.05) is 43.1 Å². The SMILES string of the molecule is CC.CC1CCCC1NCC(C)(C)NSc1ccc(Br)cc1F. The minimum atomic E-state index is -0.199. The van der Waals surface area contributed by atoms with Gasteiger partial charge >= 0.3 is 0 Å². The Kier molecular flexibility index (Phi) is 9.12. The van der Waals surface area contributed by atoms with Gasteiger partial charge in [0.05, 0.1) is 4.90 Å². The first kappa shape index (κ1) is 20.9. The normalized spacial score (nSPS) is 21.0. The summed E-state index contributed by atoms with van der Waals surface area (Å²) in [6.07, 6.45) is 3.92. The van der Waals surface area contributed by atoms with E-state index in [-0.39, 0.29) is 11.4 Å². The van der Waals surface area contributed by atoms with Gasteiger partial charge in [0.15, 0.2) is 0 Å². The fourth-order valence-electron chi connectivity index (χ4n) is 2.62. The molecule has 0 amide bonds. The maximum Gasteiger partial charge on any atom is 0.139 e. The highest BCUT2D eigenvalue weighted by atomic mass is 79.9. The summed E-state index contributed by atoms with van der Waals surface area (Å²) in [6.45, 7) is 11.5. The fraction of sp³-hybridized carbons (Fsp3) is 0.667. The van der Waals surface area contributed by atoms with E-state index in [0.29, 0.717) is 10.9 Å². The molecule has 1 aromatic carbocycles. The molecule has 0 bridgehead atoms. The van der Waals surface area contributed by atoms with Crippen LogP contribution in [-0.4, -0.2) is 18.1 Å². The van der Waals surface area contributed by atoms with Crippen molar-refractivity contribution in [3.8, 4) is 0 Å². The molecule has 1 aromatic rings. The first-order valence-electron chi connectivity index (χ1n) is 8.50. The summed E-state index contributed by atoms with van der Waals surface area (Å²) < 4.78 is 17.9. The zero-order chi connectivity index (χ0) is 17.5. The molecule has 132 valence electrons. The van der Waals surface area contributed by atoms with Crippen LogP contribution in [0.1, 0.15) is 53.9 Å². The van der Waals surface area contributed by atoms with Crippen molar-refractivity contribution in [3.63, 3.8) is 0 Å². The van der Waals surface area contributed by atoms with E-state index in [0.717, 1.165) is 16.9 Å². The van der Waals surface area contributed by atoms with Crippen molar-refractivity contribution in [1.82, 2.24) is 10.0 Å². The molecule has 1 saturated carbocycles. The highest BCUT2D eigenvalue weighted by Crippen LogP contribution is 2.26. The predicted molar refractivity (Wildman–Crippen MR) is 103 cm³/mol. The molecular weight excluding hydrogens is 375 g/mol. The Bertz CT molecular complexity index is 482.